The second-order valence-electron chi connectivity index (χ2n) is 3.56. The summed E-state index contributed by atoms with van der Waals surface area (Å²) in [5.74, 6) is 1.27. The number of likely N-dealkylation sites (N-methyl/N-ethyl adjacent to an activating group) is 1. The molecule has 0 aliphatic heterocycles. The van der Waals surface area contributed by atoms with E-state index in [2.05, 4.69) is 20.4 Å². The van der Waals surface area contributed by atoms with Crippen molar-refractivity contribution < 1.29 is 4.52 Å². The van der Waals surface area contributed by atoms with Crippen LogP contribution in [0.1, 0.15) is 11.5 Å². The SMILES string of the molecule is CNCCc1noc(-c2ccnc(C)c2)n1. The van der Waals surface area contributed by atoms with Gasteiger partial charge in [0.1, 0.15) is 0 Å². The van der Waals surface area contributed by atoms with Crippen molar-refractivity contribution >= 4 is 0 Å². The summed E-state index contributed by atoms with van der Waals surface area (Å²) in [7, 11) is 1.90. The first kappa shape index (κ1) is 10.8. The van der Waals surface area contributed by atoms with Gasteiger partial charge in [-0.25, -0.2) is 0 Å². The molecule has 2 rings (SSSR count). The Morgan fingerprint density at radius 2 is 2.31 bits per heavy atom. The molecule has 0 saturated heterocycles. The standard InChI is InChI=1S/C11H14N4O/c1-8-7-9(3-6-13-8)11-14-10(15-16-11)4-5-12-2/h3,6-7,12H,4-5H2,1-2H3. The Labute approximate surface area is 93.9 Å². The highest BCUT2D eigenvalue weighted by Gasteiger charge is 2.08. The molecule has 1 N–H and O–H groups in total. The predicted molar refractivity (Wildman–Crippen MR) is 59.9 cm³/mol. The summed E-state index contributed by atoms with van der Waals surface area (Å²) in [4.78, 5) is 8.44. The molecule has 0 aromatic carbocycles. The van der Waals surface area contributed by atoms with Crippen molar-refractivity contribution in [3.8, 4) is 11.5 Å². The summed E-state index contributed by atoms with van der Waals surface area (Å²) < 4.78 is 5.19. The van der Waals surface area contributed by atoms with Crippen LogP contribution in [0.2, 0.25) is 0 Å². The van der Waals surface area contributed by atoms with Gasteiger partial charge in [0, 0.05) is 30.4 Å². The number of hydrogen-bond donors (Lipinski definition) is 1. The van der Waals surface area contributed by atoms with Gasteiger partial charge in [-0.1, -0.05) is 5.16 Å². The van der Waals surface area contributed by atoms with Crippen molar-refractivity contribution in [2.75, 3.05) is 13.6 Å². The molecule has 0 aliphatic rings. The molecule has 0 radical (unpaired) electrons. The van der Waals surface area contributed by atoms with Gasteiger partial charge in [-0.3, -0.25) is 4.98 Å². The maximum absolute atomic E-state index is 5.19. The predicted octanol–water partition coefficient (Wildman–Crippen LogP) is 1.20. The third-order valence-electron chi connectivity index (χ3n) is 2.21. The van der Waals surface area contributed by atoms with E-state index in [0.717, 1.165) is 30.0 Å². The second-order valence-corrected chi connectivity index (χ2v) is 3.56. The lowest BCUT2D eigenvalue weighted by molar-refractivity contribution is 0.422. The van der Waals surface area contributed by atoms with E-state index in [4.69, 9.17) is 4.52 Å². The van der Waals surface area contributed by atoms with Crippen LogP contribution in [-0.2, 0) is 6.42 Å². The fraction of sp³-hybridized carbons (Fsp3) is 0.364. The molecule has 2 aromatic rings. The van der Waals surface area contributed by atoms with Gasteiger partial charge in [-0.05, 0) is 26.1 Å². The third kappa shape index (κ3) is 2.43. The van der Waals surface area contributed by atoms with Crippen LogP contribution in [0.25, 0.3) is 11.5 Å². The summed E-state index contributed by atoms with van der Waals surface area (Å²) in [6, 6.07) is 3.79. The zero-order valence-corrected chi connectivity index (χ0v) is 9.40. The molecule has 0 fully saturated rings. The number of rotatable bonds is 4. The van der Waals surface area contributed by atoms with Crippen LogP contribution in [0.4, 0.5) is 0 Å². The lowest BCUT2D eigenvalue weighted by Gasteiger charge is -1.94. The Bertz CT molecular complexity index is 467. The van der Waals surface area contributed by atoms with Crippen molar-refractivity contribution in [2.45, 2.75) is 13.3 Å². The van der Waals surface area contributed by atoms with Crippen LogP contribution in [0.3, 0.4) is 0 Å². The molecule has 0 atom stereocenters. The van der Waals surface area contributed by atoms with Gasteiger partial charge in [-0.2, -0.15) is 4.98 Å². The summed E-state index contributed by atoms with van der Waals surface area (Å²) in [5, 5.41) is 6.96. The van der Waals surface area contributed by atoms with E-state index in [1.54, 1.807) is 6.20 Å². The Morgan fingerprint density at radius 1 is 1.44 bits per heavy atom. The van der Waals surface area contributed by atoms with E-state index in [-0.39, 0.29) is 0 Å². The third-order valence-corrected chi connectivity index (χ3v) is 2.21. The van der Waals surface area contributed by atoms with Crippen molar-refractivity contribution in [1.82, 2.24) is 20.4 Å². The van der Waals surface area contributed by atoms with Crippen LogP contribution in [0.5, 0.6) is 0 Å². The van der Waals surface area contributed by atoms with Gasteiger partial charge >= 0.3 is 0 Å². The summed E-state index contributed by atoms with van der Waals surface area (Å²) in [5.41, 5.74) is 1.85. The quantitative estimate of drug-likeness (QED) is 0.835. The molecular weight excluding hydrogens is 204 g/mol. The maximum Gasteiger partial charge on any atom is 0.258 e. The molecule has 84 valence electrons. The van der Waals surface area contributed by atoms with Crippen LogP contribution < -0.4 is 5.32 Å². The Balaban J connectivity index is 2.18. The fourth-order valence-electron chi connectivity index (χ4n) is 1.39. The molecule has 5 nitrogen and oxygen atoms in total. The maximum atomic E-state index is 5.19. The van der Waals surface area contributed by atoms with Crippen LogP contribution in [0.15, 0.2) is 22.9 Å². The topological polar surface area (TPSA) is 63.8 Å². The first-order valence-electron chi connectivity index (χ1n) is 5.20. The Morgan fingerprint density at radius 3 is 3.06 bits per heavy atom. The van der Waals surface area contributed by atoms with Crippen LogP contribution >= 0.6 is 0 Å². The minimum absolute atomic E-state index is 0.552. The van der Waals surface area contributed by atoms with Gasteiger partial charge in [0.2, 0.25) is 0 Å². The number of pyridine rings is 1. The lowest BCUT2D eigenvalue weighted by atomic mass is 10.2. The molecule has 2 aromatic heterocycles. The Hall–Kier alpha value is -1.75. The zero-order valence-electron chi connectivity index (χ0n) is 9.40. The number of aryl methyl sites for hydroxylation is 1. The summed E-state index contributed by atoms with van der Waals surface area (Å²) in [6.07, 6.45) is 2.51. The molecule has 16 heavy (non-hydrogen) atoms. The summed E-state index contributed by atoms with van der Waals surface area (Å²) in [6.45, 7) is 2.77. The van der Waals surface area contributed by atoms with E-state index in [0.29, 0.717) is 5.89 Å². The molecule has 0 spiro atoms. The zero-order chi connectivity index (χ0) is 11.4. The minimum atomic E-state index is 0.552. The normalized spacial score (nSPS) is 10.6. The van der Waals surface area contributed by atoms with Gasteiger partial charge in [0.15, 0.2) is 5.82 Å². The number of aromatic nitrogens is 3. The van der Waals surface area contributed by atoms with Gasteiger partial charge in [-0.15, -0.1) is 0 Å². The first-order valence-corrected chi connectivity index (χ1v) is 5.20. The molecular formula is C11H14N4O. The molecule has 5 heteroatoms. The number of hydrogen-bond acceptors (Lipinski definition) is 5. The van der Waals surface area contributed by atoms with Crippen molar-refractivity contribution in [2.24, 2.45) is 0 Å². The van der Waals surface area contributed by atoms with Crippen molar-refractivity contribution in [1.29, 1.82) is 0 Å². The van der Waals surface area contributed by atoms with Crippen molar-refractivity contribution in [3.05, 3.63) is 29.8 Å². The molecule has 0 saturated carbocycles. The molecule has 2 heterocycles. The monoisotopic (exact) mass is 218 g/mol. The highest BCUT2D eigenvalue weighted by molar-refractivity contribution is 5.52. The van der Waals surface area contributed by atoms with Gasteiger partial charge in [0.05, 0.1) is 0 Å². The van der Waals surface area contributed by atoms with Gasteiger partial charge in [0.25, 0.3) is 5.89 Å². The highest BCUT2D eigenvalue weighted by Crippen LogP contribution is 2.16. The van der Waals surface area contributed by atoms with E-state index in [9.17, 15) is 0 Å². The smallest absolute Gasteiger partial charge is 0.258 e. The molecule has 0 unspecified atom stereocenters. The van der Waals surface area contributed by atoms with E-state index in [1.165, 1.54) is 0 Å². The summed E-state index contributed by atoms with van der Waals surface area (Å²) >= 11 is 0. The fourth-order valence-corrected chi connectivity index (χ4v) is 1.39. The van der Waals surface area contributed by atoms with E-state index >= 15 is 0 Å². The van der Waals surface area contributed by atoms with Crippen LogP contribution in [-0.4, -0.2) is 28.7 Å². The Kier molecular flexibility index (Phi) is 3.26. The minimum Gasteiger partial charge on any atom is -0.334 e. The largest absolute Gasteiger partial charge is 0.334 e. The molecule has 0 bridgehead atoms. The average molecular weight is 218 g/mol. The molecule has 0 amide bonds. The van der Waals surface area contributed by atoms with Crippen molar-refractivity contribution in [3.63, 3.8) is 0 Å². The lowest BCUT2D eigenvalue weighted by Crippen LogP contribution is -2.10. The van der Waals surface area contributed by atoms with Gasteiger partial charge < -0.3 is 9.84 Å². The molecule has 0 aliphatic carbocycles. The highest BCUT2D eigenvalue weighted by atomic mass is 16.5. The number of nitrogens with zero attached hydrogens (tertiary/aromatic N) is 3. The number of nitrogens with one attached hydrogen (secondary N) is 1. The van der Waals surface area contributed by atoms with E-state index < -0.39 is 0 Å². The average Bonchev–Trinajstić information content (AvgIpc) is 2.75. The first-order chi connectivity index (χ1) is 7.79. The second kappa shape index (κ2) is 4.85. The van der Waals surface area contributed by atoms with Crippen LogP contribution in [0, 0.1) is 6.92 Å². The van der Waals surface area contributed by atoms with E-state index in [1.807, 2.05) is 26.1 Å².